The van der Waals surface area contributed by atoms with Crippen molar-refractivity contribution in [2.45, 2.75) is 26.2 Å². The maximum Gasteiger partial charge on any atom is 0.185 e. The van der Waals surface area contributed by atoms with Gasteiger partial charge in [-0.15, -0.1) is 0 Å². The van der Waals surface area contributed by atoms with Crippen LogP contribution in [0.2, 0.25) is 5.02 Å². The van der Waals surface area contributed by atoms with E-state index in [0.717, 1.165) is 48.1 Å². The number of unbranched alkanes of at least 4 members (excludes halogenated alkanes) is 2. The van der Waals surface area contributed by atoms with E-state index in [-0.39, 0.29) is 5.96 Å². The zero-order valence-electron chi connectivity index (χ0n) is 17.1. The lowest BCUT2D eigenvalue weighted by atomic mass is 10.1. The van der Waals surface area contributed by atoms with Gasteiger partial charge in [0, 0.05) is 23.5 Å². The van der Waals surface area contributed by atoms with E-state index in [1.807, 2.05) is 42.5 Å². The van der Waals surface area contributed by atoms with Crippen molar-refractivity contribution >= 4 is 46.4 Å². The zero-order chi connectivity index (χ0) is 21.3. The van der Waals surface area contributed by atoms with Gasteiger partial charge < -0.3 is 16.8 Å². The number of aromatic nitrogens is 2. The van der Waals surface area contributed by atoms with E-state index < -0.39 is 0 Å². The van der Waals surface area contributed by atoms with Gasteiger partial charge in [-0.1, -0.05) is 41.4 Å². The molecule has 5 N–H and O–H groups in total. The third kappa shape index (κ3) is 6.46. The summed E-state index contributed by atoms with van der Waals surface area (Å²) in [5.74, 6) is 1.66. The number of hydrogen-bond donors (Lipinski definition) is 3. The van der Waals surface area contributed by atoms with E-state index in [0.29, 0.717) is 17.4 Å². The number of nitrogens with two attached hydrogens (primary N) is 2. The Bertz CT molecular complexity index is 1040. The smallest absolute Gasteiger partial charge is 0.185 e. The molecule has 1 aromatic heterocycles. The number of aryl methyl sites for hydroxylation is 1. The van der Waals surface area contributed by atoms with E-state index in [9.17, 15) is 0 Å². The van der Waals surface area contributed by atoms with Crippen LogP contribution in [0, 0.1) is 6.92 Å². The van der Waals surface area contributed by atoms with Crippen molar-refractivity contribution in [2.24, 2.45) is 16.5 Å². The fraction of sp³-hybridized carbons (Fsp3) is 0.261. The average Bonchev–Trinajstić information content (AvgIpc) is 2.72. The van der Waals surface area contributed by atoms with Gasteiger partial charge in [-0.05, 0) is 62.1 Å². The number of halogens is 1. The first-order chi connectivity index (χ1) is 14.5. The number of nitrogens with one attached hydrogen (secondary N) is 1. The van der Waals surface area contributed by atoms with Crippen LogP contribution < -0.4 is 16.8 Å². The molecule has 0 atom stereocenters. The minimum Gasteiger partial charge on any atom is -0.370 e. The van der Waals surface area contributed by atoms with E-state index in [2.05, 4.69) is 29.4 Å². The van der Waals surface area contributed by atoms with Gasteiger partial charge >= 0.3 is 0 Å². The number of aliphatic imine (C=N–C) groups is 1. The maximum absolute atomic E-state index is 5.96. The topological polar surface area (TPSA) is 102 Å². The number of rotatable bonds is 9. The Kier molecular flexibility index (Phi) is 7.63. The Hall–Kier alpha value is -3.12. The Morgan fingerprint density at radius 3 is 2.60 bits per heavy atom. The SMILES string of the molecule is Cc1ccc2nc(C=Cc3ccc(Cl)cc3)nc(NCCCCCN=C(N)N)c2c1. The first-order valence-corrected chi connectivity index (χ1v) is 10.4. The summed E-state index contributed by atoms with van der Waals surface area (Å²) in [6, 6.07) is 13.9. The highest BCUT2D eigenvalue weighted by molar-refractivity contribution is 6.30. The second-order valence-corrected chi connectivity index (χ2v) is 7.57. The van der Waals surface area contributed by atoms with Crippen molar-refractivity contribution in [2.75, 3.05) is 18.4 Å². The van der Waals surface area contributed by atoms with Crippen LogP contribution in [0.5, 0.6) is 0 Å². The standard InChI is InChI=1S/C23H27ClN6/c1-16-5-11-20-19(15-16)22(27-13-3-2-4-14-28-23(25)26)30-21(29-20)12-8-17-6-9-18(24)10-7-17/h5-12,15H,2-4,13-14H2,1H3,(H4,25,26,28)(H,27,29,30). The molecule has 7 heteroatoms. The second-order valence-electron chi connectivity index (χ2n) is 7.13. The summed E-state index contributed by atoms with van der Waals surface area (Å²) >= 11 is 5.96. The molecule has 0 radical (unpaired) electrons. The minimum atomic E-state index is 0.148. The lowest BCUT2D eigenvalue weighted by molar-refractivity contribution is 0.706. The highest BCUT2D eigenvalue weighted by Gasteiger charge is 2.07. The summed E-state index contributed by atoms with van der Waals surface area (Å²) in [5.41, 5.74) is 13.8. The number of anilines is 1. The quantitative estimate of drug-likeness (QED) is 0.265. The lowest BCUT2D eigenvalue weighted by Gasteiger charge is -2.10. The molecule has 2 aromatic carbocycles. The molecule has 1 heterocycles. The Morgan fingerprint density at radius 1 is 1.03 bits per heavy atom. The number of guanidine groups is 1. The van der Waals surface area contributed by atoms with E-state index in [4.69, 9.17) is 33.0 Å². The van der Waals surface area contributed by atoms with Crippen molar-refractivity contribution in [1.82, 2.24) is 9.97 Å². The van der Waals surface area contributed by atoms with Crippen LogP contribution >= 0.6 is 11.6 Å². The fourth-order valence-corrected chi connectivity index (χ4v) is 3.17. The first-order valence-electron chi connectivity index (χ1n) is 10.0. The van der Waals surface area contributed by atoms with Gasteiger partial charge in [0.15, 0.2) is 11.8 Å². The van der Waals surface area contributed by atoms with Crippen molar-refractivity contribution in [3.8, 4) is 0 Å². The fourth-order valence-electron chi connectivity index (χ4n) is 3.04. The molecule has 0 saturated heterocycles. The number of hydrogen-bond acceptors (Lipinski definition) is 4. The van der Waals surface area contributed by atoms with Crippen molar-refractivity contribution in [3.05, 3.63) is 64.4 Å². The minimum absolute atomic E-state index is 0.148. The van der Waals surface area contributed by atoms with Crippen molar-refractivity contribution in [3.63, 3.8) is 0 Å². The molecule has 0 aliphatic heterocycles. The number of nitrogens with zero attached hydrogens (tertiary/aromatic N) is 3. The molecular formula is C23H27ClN6. The van der Waals surface area contributed by atoms with Gasteiger partial charge in [-0.25, -0.2) is 9.97 Å². The predicted octanol–water partition coefficient (Wildman–Crippen LogP) is 4.62. The molecule has 3 aromatic rings. The second kappa shape index (κ2) is 10.6. The molecule has 0 spiro atoms. The summed E-state index contributed by atoms with van der Waals surface area (Å²) in [4.78, 5) is 13.4. The Morgan fingerprint density at radius 2 is 1.83 bits per heavy atom. The monoisotopic (exact) mass is 422 g/mol. The Labute approximate surface area is 182 Å². The molecular weight excluding hydrogens is 396 g/mol. The van der Waals surface area contributed by atoms with Crippen LogP contribution in [0.3, 0.4) is 0 Å². The molecule has 156 valence electrons. The normalized spacial score (nSPS) is 11.1. The van der Waals surface area contributed by atoms with Gasteiger partial charge in [-0.3, -0.25) is 4.99 Å². The summed E-state index contributed by atoms with van der Waals surface area (Å²) in [5, 5.41) is 5.22. The molecule has 0 unspecified atom stereocenters. The van der Waals surface area contributed by atoms with Crippen LogP contribution in [0.25, 0.3) is 23.1 Å². The average molecular weight is 423 g/mol. The van der Waals surface area contributed by atoms with Crippen LogP contribution in [-0.4, -0.2) is 29.0 Å². The molecule has 0 amide bonds. The summed E-state index contributed by atoms with van der Waals surface area (Å²) in [6.45, 7) is 3.56. The predicted molar refractivity (Wildman–Crippen MR) is 128 cm³/mol. The largest absolute Gasteiger partial charge is 0.370 e. The summed E-state index contributed by atoms with van der Waals surface area (Å²) in [6.07, 6.45) is 6.91. The third-order valence-corrected chi connectivity index (χ3v) is 4.84. The van der Waals surface area contributed by atoms with Crippen LogP contribution in [0.4, 0.5) is 5.82 Å². The molecule has 0 aliphatic rings. The molecule has 0 bridgehead atoms. The lowest BCUT2D eigenvalue weighted by Crippen LogP contribution is -2.22. The van der Waals surface area contributed by atoms with Crippen molar-refractivity contribution < 1.29 is 0 Å². The molecule has 6 nitrogen and oxygen atoms in total. The van der Waals surface area contributed by atoms with Crippen LogP contribution in [0.15, 0.2) is 47.5 Å². The van der Waals surface area contributed by atoms with Gasteiger partial charge in [0.1, 0.15) is 5.82 Å². The van der Waals surface area contributed by atoms with E-state index in [1.165, 1.54) is 5.56 Å². The number of benzene rings is 2. The maximum atomic E-state index is 5.96. The summed E-state index contributed by atoms with van der Waals surface area (Å²) in [7, 11) is 0. The van der Waals surface area contributed by atoms with Gasteiger partial charge in [0.25, 0.3) is 0 Å². The van der Waals surface area contributed by atoms with Crippen molar-refractivity contribution in [1.29, 1.82) is 0 Å². The first kappa shape index (κ1) is 21.6. The highest BCUT2D eigenvalue weighted by Crippen LogP contribution is 2.23. The molecule has 0 aliphatic carbocycles. The third-order valence-electron chi connectivity index (χ3n) is 4.59. The molecule has 0 saturated carbocycles. The van der Waals surface area contributed by atoms with E-state index >= 15 is 0 Å². The molecule has 3 rings (SSSR count). The Balaban J connectivity index is 1.72. The van der Waals surface area contributed by atoms with Gasteiger partial charge in [-0.2, -0.15) is 0 Å². The van der Waals surface area contributed by atoms with E-state index in [1.54, 1.807) is 0 Å². The highest BCUT2D eigenvalue weighted by atomic mass is 35.5. The summed E-state index contributed by atoms with van der Waals surface area (Å²) < 4.78 is 0. The molecule has 30 heavy (non-hydrogen) atoms. The van der Waals surface area contributed by atoms with Gasteiger partial charge in [0.05, 0.1) is 5.52 Å². The zero-order valence-corrected chi connectivity index (χ0v) is 17.9. The van der Waals surface area contributed by atoms with Crippen LogP contribution in [-0.2, 0) is 0 Å². The molecule has 0 fully saturated rings. The number of fused-ring (bicyclic) bond motifs is 1. The van der Waals surface area contributed by atoms with Gasteiger partial charge in [0.2, 0.25) is 0 Å². The van der Waals surface area contributed by atoms with Crippen LogP contribution in [0.1, 0.15) is 36.2 Å².